The van der Waals surface area contributed by atoms with Gasteiger partial charge in [-0.25, -0.2) is 0 Å². The molecule has 0 heterocycles. The van der Waals surface area contributed by atoms with Crippen LogP contribution in [0.25, 0.3) is 0 Å². The molecule has 2 rings (SSSR count). The second-order valence-electron chi connectivity index (χ2n) is 5.43. The van der Waals surface area contributed by atoms with Gasteiger partial charge in [0.25, 0.3) is 5.91 Å². The molecule has 0 aliphatic rings. The highest BCUT2D eigenvalue weighted by molar-refractivity contribution is 5.96. The molecule has 6 nitrogen and oxygen atoms in total. The first-order chi connectivity index (χ1) is 12.1. The number of rotatable bonds is 7. The van der Waals surface area contributed by atoms with E-state index in [-0.39, 0.29) is 29.7 Å². The Morgan fingerprint density at radius 2 is 1.68 bits per heavy atom. The van der Waals surface area contributed by atoms with Crippen molar-refractivity contribution in [3.8, 4) is 11.8 Å². The number of amides is 2. The molecule has 128 valence electrons. The lowest BCUT2D eigenvalue weighted by Crippen LogP contribution is -2.34. The van der Waals surface area contributed by atoms with Crippen LogP contribution in [0.15, 0.2) is 48.5 Å². The largest absolute Gasteiger partial charge is 0.507 e. The van der Waals surface area contributed by atoms with Crippen LogP contribution in [0, 0.1) is 11.3 Å². The fourth-order valence-electron chi connectivity index (χ4n) is 2.23. The smallest absolute Gasteiger partial charge is 0.255 e. The Hall–Kier alpha value is -3.33. The highest BCUT2D eigenvalue weighted by atomic mass is 16.3. The standard InChI is InChI=1S/C19H19N3O3/c20-13-15-7-5-14(6-8-15)9-10-18(24)21-11-12-22-19(25)16-3-1-2-4-17(16)23/h1-8,23H,9-12H2,(H,21,24)(H,22,25). The van der Waals surface area contributed by atoms with Gasteiger partial charge in [0.15, 0.2) is 0 Å². The molecule has 2 aromatic carbocycles. The zero-order valence-corrected chi connectivity index (χ0v) is 13.7. The molecule has 0 aliphatic carbocycles. The van der Waals surface area contributed by atoms with Crippen molar-refractivity contribution in [1.29, 1.82) is 5.26 Å². The third kappa shape index (κ3) is 5.66. The van der Waals surface area contributed by atoms with E-state index in [2.05, 4.69) is 10.6 Å². The summed E-state index contributed by atoms with van der Waals surface area (Å²) in [6.45, 7) is 0.585. The number of nitriles is 1. The van der Waals surface area contributed by atoms with Crippen molar-refractivity contribution in [2.75, 3.05) is 13.1 Å². The van der Waals surface area contributed by atoms with Crippen molar-refractivity contribution in [3.05, 3.63) is 65.2 Å². The third-order valence-corrected chi connectivity index (χ3v) is 3.61. The molecular weight excluding hydrogens is 318 g/mol. The average molecular weight is 337 g/mol. The number of carbonyl (C=O) groups is 2. The molecule has 0 aliphatic heterocycles. The normalized spacial score (nSPS) is 9.88. The number of para-hydroxylation sites is 1. The van der Waals surface area contributed by atoms with Gasteiger partial charge in [-0.2, -0.15) is 5.26 Å². The first kappa shape index (κ1) is 18.0. The first-order valence-electron chi connectivity index (χ1n) is 7.92. The Labute approximate surface area is 146 Å². The summed E-state index contributed by atoms with van der Waals surface area (Å²) in [6, 6.07) is 15.4. The molecule has 3 N–H and O–H groups in total. The Kier molecular flexibility index (Phi) is 6.55. The maximum Gasteiger partial charge on any atom is 0.255 e. The van der Waals surface area contributed by atoms with Crippen LogP contribution in [0.2, 0.25) is 0 Å². The lowest BCUT2D eigenvalue weighted by atomic mass is 10.1. The van der Waals surface area contributed by atoms with Gasteiger partial charge in [-0.1, -0.05) is 24.3 Å². The average Bonchev–Trinajstić information content (AvgIpc) is 2.64. The lowest BCUT2D eigenvalue weighted by molar-refractivity contribution is -0.121. The number of phenols is 1. The van der Waals surface area contributed by atoms with Crippen LogP contribution in [0.4, 0.5) is 0 Å². The minimum atomic E-state index is -0.384. The van der Waals surface area contributed by atoms with Crippen LogP contribution in [0.1, 0.15) is 27.9 Å². The van der Waals surface area contributed by atoms with E-state index in [1.165, 1.54) is 12.1 Å². The SMILES string of the molecule is N#Cc1ccc(CCC(=O)NCCNC(=O)c2ccccc2O)cc1. The minimum Gasteiger partial charge on any atom is -0.507 e. The molecule has 0 radical (unpaired) electrons. The number of hydrogen-bond acceptors (Lipinski definition) is 4. The van der Waals surface area contributed by atoms with Crippen LogP contribution in [-0.2, 0) is 11.2 Å². The fourth-order valence-corrected chi connectivity index (χ4v) is 2.23. The Bertz CT molecular complexity index is 779. The summed E-state index contributed by atoms with van der Waals surface area (Å²) >= 11 is 0. The van der Waals surface area contributed by atoms with Gasteiger partial charge in [-0.3, -0.25) is 9.59 Å². The van der Waals surface area contributed by atoms with E-state index in [0.29, 0.717) is 24.9 Å². The van der Waals surface area contributed by atoms with Crippen LogP contribution >= 0.6 is 0 Å². The van der Waals surface area contributed by atoms with Crippen LogP contribution in [-0.4, -0.2) is 30.0 Å². The van der Waals surface area contributed by atoms with Gasteiger partial charge < -0.3 is 15.7 Å². The molecule has 0 unspecified atom stereocenters. The zero-order valence-electron chi connectivity index (χ0n) is 13.7. The van der Waals surface area contributed by atoms with Gasteiger partial charge in [-0.05, 0) is 36.2 Å². The van der Waals surface area contributed by atoms with Gasteiger partial charge in [0.2, 0.25) is 5.91 Å². The molecule has 2 amide bonds. The highest BCUT2D eigenvalue weighted by Crippen LogP contribution is 2.14. The molecule has 25 heavy (non-hydrogen) atoms. The number of nitrogens with one attached hydrogen (secondary N) is 2. The number of aromatic hydroxyl groups is 1. The number of benzene rings is 2. The third-order valence-electron chi connectivity index (χ3n) is 3.61. The summed E-state index contributed by atoms with van der Waals surface area (Å²) in [5.74, 6) is -0.572. The first-order valence-corrected chi connectivity index (χ1v) is 7.92. The molecule has 0 saturated carbocycles. The van der Waals surface area contributed by atoms with Crippen molar-refractivity contribution in [2.45, 2.75) is 12.8 Å². The highest BCUT2D eigenvalue weighted by Gasteiger charge is 2.09. The van der Waals surface area contributed by atoms with Crippen molar-refractivity contribution < 1.29 is 14.7 Å². The van der Waals surface area contributed by atoms with Crippen LogP contribution < -0.4 is 10.6 Å². The van der Waals surface area contributed by atoms with E-state index in [1.807, 2.05) is 18.2 Å². The summed E-state index contributed by atoms with van der Waals surface area (Å²) in [6.07, 6.45) is 0.918. The number of aryl methyl sites for hydroxylation is 1. The Morgan fingerprint density at radius 3 is 2.36 bits per heavy atom. The Balaban J connectivity index is 1.66. The monoisotopic (exact) mass is 337 g/mol. The van der Waals surface area contributed by atoms with Gasteiger partial charge in [0, 0.05) is 19.5 Å². The van der Waals surface area contributed by atoms with Crippen molar-refractivity contribution in [3.63, 3.8) is 0 Å². The van der Waals surface area contributed by atoms with E-state index >= 15 is 0 Å². The molecular formula is C19H19N3O3. The number of hydrogen-bond donors (Lipinski definition) is 3. The molecule has 0 atom stereocenters. The second kappa shape index (κ2) is 9.08. The predicted molar refractivity (Wildman–Crippen MR) is 92.9 cm³/mol. The van der Waals surface area contributed by atoms with Crippen molar-refractivity contribution in [1.82, 2.24) is 10.6 Å². The van der Waals surface area contributed by atoms with Crippen LogP contribution in [0.3, 0.4) is 0 Å². The second-order valence-corrected chi connectivity index (χ2v) is 5.43. The molecule has 0 saturated heterocycles. The summed E-state index contributed by atoms with van der Waals surface area (Å²) in [5.41, 5.74) is 1.78. The Morgan fingerprint density at radius 1 is 1.00 bits per heavy atom. The topological polar surface area (TPSA) is 102 Å². The number of phenolic OH excluding ortho intramolecular Hbond substituents is 1. The minimum absolute atomic E-state index is 0.0774. The van der Waals surface area contributed by atoms with Gasteiger partial charge in [0.05, 0.1) is 17.2 Å². The van der Waals surface area contributed by atoms with E-state index in [0.717, 1.165) is 5.56 Å². The molecule has 2 aromatic rings. The van der Waals surface area contributed by atoms with E-state index in [4.69, 9.17) is 5.26 Å². The van der Waals surface area contributed by atoms with Crippen LogP contribution in [0.5, 0.6) is 5.75 Å². The summed E-state index contributed by atoms with van der Waals surface area (Å²) in [5, 5.41) is 23.7. The maximum absolute atomic E-state index is 11.9. The maximum atomic E-state index is 11.9. The molecule has 0 fully saturated rings. The van der Waals surface area contributed by atoms with E-state index < -0.39 is 0 Å². The molecule has 0 spiro atoms. The van der Waals surface area contributed by atoms with Crippen molar-refractivity contribution >= 4 is 11.8 Å². The fraction of sp³-hybridized carbons (Fsp3) is 0.211. The van der Waals surface area contributed by atoms with E-state index in [9.17, 15) is 14.7 Å². The predicted octanol–water partition coefficient (Wildman–Crippen LogP) is 1.74. The summed E-state index contributed by atoms with van der Waals surface area (Å²) < 4.78 is 0. The molecule has 0 bridgehead atoms. The number of carbonyl (C=O) groups excluding carboxylic acids is 2. The van der Waals surface area contributed by atoms with Crippen molar-refractivity contribution in [2.24, 2.45) is 0 Å². The lowest BCUT2D eigenvalue weighted by Gasteiger charge is -2.08. The molecule has 0 aromatic heterocycles. The van der Waals surface area contributed by atoms with E-state index in [1.54, 1.807) is 24.3 Å². The quantitative estimate of drug-likeness (QED) is 0.670. The number of nitrogens with zero attached hydrogens (tertiary/aromatic N) is 1. The van der Waals surface area contributed by atoms with Gasteiger partial charge in [0.1, 0.15) is 5.75 Å². The van der Waals surface area contributed by atoms with Gasteiger partial charge >= 0.3 is 0 Å². The zero-order chi connectivity index (χ0) is 18.1. The van der Waals surface area contributed by atoms with Gasteiger partial charge in [-0.15, -0.1) is 0 Å². The summed E-state index contributed by atoms with van der Waals surface area (Å²) in [7, 11) is 0. The molecule has 6 heteroatoms. The summed E-state index contributed by atoms with van der Waals surface area (Å²) in [4.78, 5) is 23.7.